The number of hydrogen-bond donors (Lipinski definition) is 0. The Balaban J connectivity index is -0.0000000276. The third kappa shape index (κ3) is 284. The van der Waals surface area contributed by atoms with E-state index in [1.165, 1.54) is 39.9 Å². The van der Waals surface area contributed by atoms with Crippen LogP contribution in [0.4, 0.5) is 22.0 Å². The summed E-state index contributed by atoms with van der Waals surface area (Å²) in [5, 5.41) is 10.4. The van der Waals surface area contributed by atoms with E-state index in [-0.39, 0.29) is 49.4 Å². The number of rotatable bonds is 8. The van der Waals surface area contributed by atoms with Crippen LogP contribution in [-0.2, 0) is 0 Å². The van der Waals surface area contributed by atoms with Gasteiger partial charge >= 0.3 is 0 Å². The van der Waals surface area contributed by atoms with Crippen LogP contribution < -0.4 is 9.41 Å². The predicted molar refractivity (Wildman–Crippen MR) is 146 cm³/mol. The molecule has 0 N–H and O–H groups in total. The Kier molecular flexibility index (Phi) is 126. The summed E-state index contributed by atoms with van der Waals surface area (Å²) >= 11 is 0. The lowest BCUT2D eigenvalue weighted by molar-refractivity contribution is -0.839. The molecule has 0 saturated heterocycles. The Bertz CT molecular complexity index is 273. The van der Waals surface area contributed by atoms with E-state index in [0.29, 0.717) is 13.0 Å². The van der Waals surface area contributed by atoms with Crippen LogP contribution in [0.3, 0.4) is 0 Å². The minimum absolute atomic E-state index is 0. The van der Waals surface area contributed by atoms with E-state index in [2.05, 4.69) is 52.9 Å². The average molecular weight is 545 g/mol. The van der Waals surface area contributed by atoms with Crippen molar-refractivity contribution >= 4 is 0 Å². The summed E-state index contributed by atoms with van der Waals surface area (Å²) in [7, 11) is 10.7. The molecule has 0 atom stereocenters. The monoisotopic (exact) mass is 544 g/mol. The van der Waals surface area contributed by atoms with Crippen LogP contribution in [0, 0.1) is 5.21 Å². The van der Waals surface area contributed by atoms with Crippen molar-refractivity contribution in [3.05, 3.63) is 31.0 Å². The number of hydroxylamine groups is 3. The average Bonchev–Trinajstić information content (AvgIpc) is 2.69. The van der Waals surface area contributed by atoms with Gasteiger partial charge in [-0.1, -0.05) is 61.1 Å². The number of nitrogens with zero attached hydrogens (tertiary/aromatic N) is 3. The molecule has 4 nitrogen and oxygen atoms in total. The summed E-state index contributed by atoms with van der Waals surface area (Å²) in [6.45, 7) is 14.6. The summed E-state index contributed by atoms with van der Waals surface area (Å²) in [6, 6.07) is 0. The maximum absolute atomic E-state index is 11.3. The van der Waals surface area contributed by atoms with Gasteiger partial charge in [-0.2, -0.15) is 0 Å². The van der Waals surface area contributed by atoms with E-state index in [1.807, 2.05) is 14.1 Å². The molecule has 0 saturated carbocycles. The fourth-order valence-corrected chi connectivity index (χ4v) is 0.820. The summed E-state index contributed by atoms with van der Waals surface area (Å²) < 4.78 is 52.8. The van der Waals surface area contributed by atoms with Gasteiger partial charge in [-0.3, -0.25) is 4.39 Å². The quantitative estimate of drug-likeness (QED) is 0.266. The molecule has 0 aliphatic rings. The largest absolute Gasteiger partial charge is 1.00 e. The Labute approximate surface area is 220 Å². The highest BCUT2D eigenvalue weighted by Gasteiger charge is 1.97. The molecule has 0 bridgehead atoms. The number of alkyl halides is 3. The van der Waals surface area contributed by atoms with Crippen molar-refractivity contribution in [3.8, 4) is 0 Å². The molecule has 0 fully saturated rings. The van der Waals surface area contributed by atoms with Gasteiger partial charge in [0.15, 0.2) is 0 Å². The molecule has 0 aromatic carbocycles. The number of halogens is 7. The van der Waals surface area contributed by atoms with Crippen molar-refractivity contribution in [2.45, 2.75) is 60.8 Å². The highest BCUT2D eigenvalue weighted by atomic mass is 18.2. The fourth-order valence-electron chi connectivity index (χ4n) is 0.820. The van der Waals surface area contributed by atoms with E-state index in [0.717, 1.165) is 0 Å². The normalized spacial score (nSPS) is 8.06. The van der Waals surface area contributed by atoms with E-state index >= 15 is 0 Å². The zero-order chi connectivity index (χ0) is 28.1. The minimum atomic E-state index is -0.531. The van der Waals surface area contributed by atoms with Gasteiger partial charge in [0.2, 0.25) is 0 Å². The van der Waals surface area contributed by atoms with Crippen molar-refractivity contribution in [2.24, 2.45) is 0 Å². The molecule has 36 heavy (non-hydrogen) atoms. The molecular formula is C25H60F7N3O-2. The van der Waals surface area contributed by atoms with Gasteiger partial charge in [0, 0.05) is 6.54 Å². The van der Waals surface area contributed by atoms with Gasteiger partial charge in [-0.25, -0.2) is 17.6 Å². The third-order valence-electron chi connectivity index (χ3n) is 2.51. The molecule has 0 aromatic heterocycles. The zero-order valence-electron chi connectivity index (χ0n) is 24.0. The van der Waals surface area contributed by atoms with Gasteiger partial charge in [-0.05, 0) is 47.6 Å². The van der Waals surface area contributed by atoms with Gasteiger partial charge in [-0.15, -0.1) is 0 Å². The van der Waals surface area contributed by atoms with Gasteiger partial charge in [0.25, 0.3) is 0 Å². The van der Waals surface area contributed by atoms with E-state index in [9.17, 15) is 27.2 Å². The van der Waals surface area contributed by atoms with Crippen LogP contribution in [0.1, 0.15) is 60.8 Å². The Morgan fingerprint density at radius 3 is 0.944 bits per heavy atom. The molecular weight excluding hydrogens is 484 g/mol. The van der Waals surface area contributed by atoms with E-state index < -0.39 is 11.3 Å². The SMILES string of the molecule is C.C=C[18F].C=C[18F].CCCC.CCCN(C)C.CCC[18F].CN(C)CC[18F].C[N+](C)([O-])CC[18F].[18F-].[18F-]. The Morgan fingerprint density at radius 1 is 0.667 bits per heavy atom. The molecule has 0 unspecified atom stereocenters. The Hall–Kier alpha value is -1.17. The molecule has 232 valence electrons. The fraction of sp³-hybridized carbons (Fsp3) is 0.840. The predicted octanol–water partition coefficient (Wildman–Crippen LogP) is 2.02. The minimum Gasteiger partial charge on any atom is -1.00 e. The van der Waals surface area contributed by atoms with Crippen molar-refractivity contribution < 1.29 is 36.0 Å². The highest BCUT2D eigenvalue weighted by molar-refractivity contribution is 4.39. The molecule has 0 aromatic rings. The van der Waals surface area contributed by atoms with Crippen molar-refractivity contribution in [1.82, 2.24) is 9.80 Å². The van der Waals surface area contributed by atoms with Crippen LogP contribution in [0.2, 0.25) is 0 Å². The van der Waals surface area contributed by atoms with E-state index in [1.54, 1.807) is 11.8 Å². The molecule has 0 spiro atoms. The number of quaternary nitrogens is 1. The van der Waals surface area contributed by atoms with Crippen LogP contribution in [0.25, 0.3) is 0 Å². The topological polar surface area (TPSA) is 29.5 Å². The first-order valence-corrected chi connectivity index (χ1v) is 11.2. The first-order chi connectivity index (χ1) is 15.3. The standard InChI is InChI=1S/C5H13N.C4H10FNO.C4H10FN.C4H10.C3H7F.2C2H3F.CH4.2FH/c1-4-5-6(2)3;1-6(2,7)4-3-5;1-6(2)4-3-5;1-3-4-2;1-2-3-4;2*1-2-3;;;/h4-5H2,1-3H3;3-4H2,1-2H3;3-4H2,1-2H3;3-4H2,1-2H3;2-3H2,1H3;2*2H,1H2;1H4;2*1H/p-2/i;2*5-1;;4-1;2*3-1;;2*1-1. The lowest BCUT2D eigenvalue weighted by atomic mass is 10.4. The number of hydrogen-bond acceptors (Lipinski definition) is 3. The molecule has 0 aliphatic heterocycles. The molecule has 0 heterocycles. The summed E-state index contributed by atoms with van der Waals surface area (Å²) in [4.78, 5) is 3.99. The second-order valence-corrected chi connectivity index (χ2v) is 7.28. The van der Waals surface area contributed by atoms with Crippen LogP contribution >= 0.6 is 0 Å². The second kappa shape index (κ2) is 70.0. The lowest BCUT2D eigenvalue weighted by Crippen LogP contribution is -3.00. The van der Waals surface area contributed by atoms with Crippen LogP contribution in [0.5, 0.6) is 0 Å². The maximum atomic E-state index is 11.3. The first-order valence-electron chi connectivity index (χ1n) is 11.2. The molecule has 0 aliphatic carbocycles. The van der Waals surface area contributed by atoms with Gasteiger partial charge in [0.1, 0.15) is 19.9 Å². The third-order valence-corrected chi connectivity index (χ3v) is 2.51. The van der Waals surface area contributed by atoms with Gasteiger partial charge < -0.3 is 29.1 Å². The van der Waals surface area contributed by atoms with Crippen molar-refractivity contribution in [3.63, 3.8) is 0 Å². The Morgan fingerprint density at radius 2 is 0.944 bits per heavy atom. The number of unbranched alkanes of at least 4 members (excludes halogenated alkanes) is 1. The van der Waals surface area contributed by atoms with Crippen LogP contribution in [-0.4, -0.2) is 96.4 Å². The van der Waals surface area contributed by atoms with Crippen molar-refractivity contribution in [1.29, 1.82) is 0 Å². The summed E-state index contributed by atoms with van der Waals surface area (Å²) in [5.74, 6) is 0. The highest BCUT2D eigenvalue weighted by Crippen LogP contribution is 1.89. The molecule has 0 radical (unpaired) electrons. The second-order valence-electron chi connectivity index (χ2n) is 7.28. The first kappa shape index (κ1) is 64.7. The summed E-state index contributed by atoms with van der Waals surface area (Å²) in [6.07, 6.45) is 5.05. The van der Waals surface area contributed by atoms with Gasteiger partial charge in [0.05, 0.1) is 33.4 Å². The zero-order valence-corrected chi connectivity index (χ0v) is 24.0. The summed E-state index contributed by atoms with van der Waals surface area (Å²) in [5.41, 5.74) is 0. The molecule has 0 amide bonds. The maximum Gasteiger partial charge on any atom is 0.139 e. The van der Waals surface area contributed by atoms with E-state index in [4.69, 9.17) is 0 Å². The molecule has 11 heteroatoms. The smallest absolute Gasteiger partial charge is 0.139 e. The molecule has 0 rings (SSSR count). The lowest BCUT2D eigenvalue weighted by Gasteiger charge is -2.32. The van der Waals surface area contributed by atoms with Crippen LogP contribution in [0.15, 0.2) is 25.8 Å². The van der Waals surface area contributed by atoms with Crippen molar-refractivity contribution in [2.75, 3.05) is 81.9 Å².